The molecule has 1 aromatic carbocycles. The van der Waals surface area contributed by atoms with Gasteiger partial charge in [-0.2, -0.15) is 0 Å². The lowest BCUT2D eigenvalue weighted by Gasteiger charge is -2.42. The van der Waals surface area contributed by atoms with Crippen molar-refractivity contribution in [1.29, 1.82) is 0 Å². The van der Waals surface area contributed by atoms with E-state index in [1.54, 1.807) is 0 Å². The molecule has 3 rings (SSSR count). The second kappa shape index (κ2) is 6.38. The molecule has 4 N–H and O–H groups in total. The summed E-state index contributed by atoms with van der Waals surface area (Å²) in [5, 5.41) is 6.18. The van der Waals surface area contributed by atoms with Crippen LogP contribution in [0, 0.1) is 11.6 Å². The van der Waals surface area contributed by atoms with Crippen molar-refractivity contribution < 1.29 is 18.4 Å². The number of nitrogens with one attached hydrogen (secondary N) is 2. The third kappa shape index (κ3) is 3.46. The van der Waals surface area contributed by atoms with Crippen LogP contribution in [0.5, 0.6) is 0 Å². The van der Waals surface area contributed by atoms with E-state index in [0.29, 0.717) is 6.42 Å². The fourth-order valence-corrected chi connectivity index (χ4v) is 5.03. The molecule has 0 unspecified atom stereocenters. The van der Waals surface area contributed by atoms with Crippen molar-refractivity contribution in [2.75, 3.05) is 5.32 Å². The molecule has 0 atom stereocenters. The summed E-state index contributed by atoms with van der Waals surface area (Å²) in [5.74, 6) is -3.60. The van der Waals surface area contributed by atoms with Crippen LogP contribution in [0.4, 0.5) is 13.8 Å². The number of anilines is 1. The normalized spacial score (nSPS) is 17.3. The minimum absolute atomic E-state index is 0.197. The van der Waals surface area contributed by atoms with Gasteiger partial charge in [0.05, 0.1) is 5.56 Å². The molecule has 1 aromatic heterocycles. The molecule has 1 aliphatic heterocycles. The highest BCUT2D eigenvalue weighted by Gasteiger charge is 2.41. The molecule has 1 aliphatic rings. The van der Waals surface area contributed by atoms with Crippen LogP contribution in [-0.2, 0) is 12.0 Å². The Balaban J connectivity index is 2.09. The summed E-state index contributed by atoms with van der Waals surface area (Å²) in [6, 6.07) is 3.18. The van der Waals surface area contributed by atoms with Gasteiger partial charge in [0.2, 0.25) is 0 Å². The SMILES string of the molecule is CC1(C)Cc2c(sc(NC(=O)c3c(F)cccc3F)c2C(N)=O)C(C)(C)N1. The minimum Gasteiger partial charge on any atom is -0.365 e. The third-order valence-corrected chi connectivity index (χ3v) is 5.98. The highest BCUT2D eigenvalue weighted by molar-refractivity contribution is 7.17. The van der Waals surface area contributed by atoms with Gasteiger partial charge in [0.1, 0.15) is 22.2 Å². The average molecular weight is 393 g/mol. The van der Waals surface area contributed by atoms with Gasteiger partial charge in [0.15, 0.2) is 0 Å². The standard InChI is InChI=1S/C19H21F2N3O2S/c1-18(2)8-9-12(15(22)25)17(27-14(9)19(3,4)24-18)23-16(26)13-10(20)6-5-7-11(13)21/h5-7,24H,8H2,1-4H3,(H2,22,25)(H,23,26). The Labute approximate surface area is 160 Å². The molecule has 2 heterocycles. The molecule has 8 heteroatoms. The van der Waals surface area contributed by atoms with Crippen molar-refractivity contribution in [2.24, 2.45) is 5.73 Å². The topological polar surface area (TPSA) is 84.2 Å². The van der Waals surface area contributed by atoms with Crippen LogP contribution in [0.2, 0.25) is 0 Å². The van der Waals surface area contributed by atoms with Crippen molar-refractivity contribution >= 4 is 28.2 Å². The number of carbonyl (C=O) groups excluding carboxylic acids is 2. The average Bonchev–Trinajstić information content (AvgIpc) is 2.83. The van der Waals surface area contributed by atoms with E-state index in [2.05, 4.69) is 10.6 Å². The molecule has 0 bridgehead atoms. The van der Waals surface area contributed by atoms with Gasteiger partial charge in [-0.1, -0.05) is 6.07 Å². The Morgan fingerprint density at radius 2 is 1.74 bits per heavy atom. The molecule has 0 aliphatic carbocycles. The van der Waals surface area contributed by atoms with Crippen molar-refractivity contribution in [2.45, 2.75) is 45.2 Å². The second-order valence-electron chi connectivity index (χ2n) is 7.84. The molecule has 144 valence electrons. The summed E-state index contributed by atoms with van der Waals surface area (Å²) in [4.78, 5) is 25.5. The summed E-state index contributed by atoms with van der Waals surface area (Å²) in [6.45, 7) is 7.95. The van der Waals surface area contributed by atoms with Gasteiger partial charge in [-0.15, -0.1) is 11.3 Å². The first-order chi connectivity index (χ1) is 12.4. The fourth-order valence-electron chi connectivity index (χ4n) is 3.76. The van der Waals surface area contributed by atoms with Gasteiger partial charge in [0.25, 0.3) is 11.8 Å². The van der Waals surface area contributed by atoms with E-state index >= 15 is 0 Å². The highest BCUT2D eigenvalue weighted by atomic mass is 32.1. The van der Waals surface area contributed by atoms with E-state index in [0.717, 1.165) is 22.6 Å². The number of rotatable bonds is 3. The molecule has 0 saturated carbocycles. The number of thiophene rings is 1. The van der Waals surface area contributed by atoms with Gasteiger partial charge < -0.3 is 16.4 Å². The fraction of sp³-hybridized carbons (Fsp3) is 0.368. The van der Waals surface area contributed by atoms with E-state index in [-0.39, 0.29) is 16.1 Å². The van der Waals surface area contributed by atoms with Gasteiger partial charge in [0, 0.05) is 16.0 Å². The molecule has 0 saturated heterocycles. The summed E-state index contributed by atoms with van der Waals surface area (Å²) in [5.41, 5.74) is 5.09. The maximum Gasteiger partial charge on any atom is 0.262 e. The maximum atomic E-state index is 13.9. The molecule has 2 aromatic rings. The Bertz CT molecular complexity index is 930. The number of nitrogens with two attached hydrogens (primary N) is 1. The first-order valence-electron chi connectivity index (χ1n) is 8.43. The molecule has 2 amide bonds. The Kier molecular flexibility index (Phi) is 4.60. The Morgan fingerprint density at radius 3 is 2.30 bits per heavy atom. The number of hydrogen-bond donors (Lipinski definition) is 3. The lowest BCUT2D eigenvalue weighted by atomic mass is 9.81. The quantitative estimate of drug-likeness (QED) is 0.746. The smallest absolute Gasteiger partial charge is 0.262 e. The monoisotopic (exact) mass is 393 g/mol. The zero-order valence-corrected chi connectivity index (χ0v) is 16.3. The van der Waals surface area contributed by atoms with Crippen LogP contribution in [0.15, 0.2) is 18.2 Å². The molecule has 27 heavy (non-hydrogen) atoms. The lowest BCUT2D eigenvalue weighted by molar-refractivity contribution is 0.0999. The summed E-state index contributed by atoms with van der Waals surface area (Å²) in [6.07, 6.45) is 0.532. The van der Waals surface area contributed by atoms with Crippen LogP contribution in [0.3, 0.4) is 0 Å². The third-order valence-electron chi connectivity index (χ3n) is 4.51. The largest absolute Gasteiger partial charge is 0.365 e. The number of benzene rings is 1. The second-order valence-corrected chi connectivity index (χ2v) is 8.86. The molecular formula is C19H21F2N3O2S. The van der Waals surface area contributed by atoms with Crippen LogP contribution in [-0.4, -0.2) is 17.4 Å². The number of hydrogen-bond acceptors (Lipinski definition) is 4. The zero-order valence-electron chi connectivity index (χ0n) is 15.5. The number of amides is 2. The number of halogens is 2. The summed E-state index contributed by atoms with van der Waals surface area (Å²) < 4.78 is 27.8. The summed E-state index contributed by atoms with van der Waals surface area (Å²) >= 11 is 1.19. The van der Waals surface area contributed by atoms with E-state index in [4.69, 9.17) is 5.73 Å². The van der Waals surface area contributed by atoms with E-state index in [1.807, 2.05) is 27.7 Å². The van der Waals surface area contributed by atoms with Crippen LogP contribution >= 0.6 is 11.3 Å². The first-order valence-corrected chi connectivity index (χ1v) is 9.25. The minimum atomic E-state index is -0.974. The van der Waals surface area contributed by atoms with Crippen LogP contribution < -0.4 is 16.4 Å². The predicted octanol–water partition coefficient (Wildman–Crippen LogP) is 3.54. The van der Waals surface area contributed by atoms with Crippen molar-refractivity contribution in [3.05, 3.63) is 51.4 Å². The Morgan fingerprint density at radius 1 is 1.15 bits per heavy atom. The van der Waals surface area contributed by atoms with Crippen molar-refractivity contribution in [3.8, 4) is 0 Å². The number of carbonyl (C=O) groups is 2. The molecule has 5 nitrogen and oxygen atoms in total. The van der Waals surface area contributed by atoms with E-state index in [1.165, 1.54) is 17.4 Å². The van der Waals surface area contributed by atoms with Gasteiger partial charge in [-0.25, -0.2) is 8.78 Å². The number of primary amides is 1. The molecule has 0 spiro atoms. The van der Waals surface area contributed by atoms with E-state index in [9.17, 15) is 18.4 Å². The predicted molar refractivity (Wildman–Crippen MR) is 101 cm³/mol. The zero-order chi connectivity index (χ0) is 20.1. The van der Waals surface area contributed by atoms with Crippen molar-refractivity contribution in [3.63, 3.8) is 0 Å². The molecule has 0 radical (unpaired) electrons. The molecular weight excluding hydrogens is 372 g/mol. The van der Waals surface area contributed by atoms with E-state index < -0.39 is 34.6 Å². The number of fused-ring (bicyclic) bond motifs is 1. The Hall–Kier alpha value is -2.32. The highest BCUT2D eigenvalue weighted by Crippen LogP contribution is 2.45. The van der Waals surface area contributed by atoms with Gasteiger partial charge in [-0.05, 0) is 51.8 Å². The van der Waals surface area contributed by atoms with Gasteiger partial charge >= 0.3 is 0 Å². The van der Waals surface area contributed by atoms with Crippen LogP contribution in [0.25, 0.3) is 0 Å². The molecule has 0 fully saturated rings. The lowest BCUT2D eigenvalue weighted by Crippen LogP contribution is -2.55. The first kappa shape index (κ1) is 19.4. The van der Waals surface area contributed by atoms with Crippen LogP contribution in [0.1, 0.15) is 58.9 Å². The van der Waals surface area contributed by atoms with Crippen molar-refractivity contribution in [1.82, 2.24) is 5.32 Å². The van der Waals surface area contributed by atoms with Gasteiger partial charge in [-0.3, -0.25) is 9.59 Å². The summed E-state index contributed by atoms with van der Waals surface area (Å²) in [7, 11) is 0. The maximum absolute atomic E-state index is 13.9.